The van der Waals surface area contributed by atoms with Gasteiger partial charge in [-0.3, -0.25) is 9.59 Å². The normalized spacial score (nSPS) is 9.13. The SMILES string of the molecule is C=CCN(CC=C)C(=O)CCC(=O)OC. The first-order valence-corrected chi connectivity index (χ1v) is 4.72. The van der Waals surface area contributed by atoms with E-state index in [1.165, 1.54) is 7.11 Å². The zero-order valence-electron chi connectivity index (χ0n) is 9.07. The molecular formula is C11H17NO3. The van der Waals surface area contributed by atoms with Crippen molar-refractivity contribution in [3.05, 3.63) is 25.3 Å². The maximum atomic E-state index is 11.6. The van der Waals surface area contributed by atoms with Gasteiger partial charge in [0.25, 0.3) is 0 Å². The van der Waals surface area contributed by atoms with Gasteiger partial charge in [0.15, 0.2) is 0 Å². The summed E-state index contributed by atoms with van der Waals surface area (Å²) < 4.78 is 4.45. The van der Waals surface area contributed by atoms with Gasteiger partial charge >= 0.3 is 5.97 Å². The van der Waals surface area contributed by atoms with Crippen molar-refractivity contribution in [2.45, 2.75) is 12.8 Å². The number of amides is 1. The smallest absolute Gasteiger partial charge is 0.306 e. The summed E-state index contributed by atoms with van der Waals surface area (Å²) in [5.41, 5.74) is 0. The molecule has 0 aromatic heterocycles. The van der Waals surface area contributed by atoms with Gasteiger partial charge in [0.1, 0.15) is 0 Å². The topological polar surface area (TPSA) is 46.6 Å². The van der Waals surface area contributed by atoms with E-state index in [1.807, 2.05) is 0 Å². The maximum absolute atomic E-state index is 11.6. The van der Waals surface area contributed by atoms with Crippen molar-refractivity contribution in [3.8, 4) is 0 Å². The van der Waals surface area contributed by atoms with Gasteiger partial charge < -0.3 is 9.64 Å². The molecule has 0 aromatic rings. The third kappa shape index (κ3) is 5.67. The number of methoxy groups -OCH3 is 1. The van der Waals surface area contributed by atoms with E-state index in [0.29, 0.717) is 13.1 Å². The average molecular weight is 211 g/mol. The Hall–Kier alpha value is -1.58. The second-order valence-electron chi connectivity index (χ2n) is 2.95. The van der Waals surface area contributed by atoms with Gasteiger partial charge in [-0.25, -0.2) is 0 Å². The van der Waals surface area contributed by atoms with Gasteiger partial charge in [0.2, 0.25) is 5.91 Å². The molecule has 0 unspecified atom stereocenters. The van der Waals surface area contributed by atoms with E-state index >= 15 is 0 Å². The van der Waals surface area contributed by atoms with Crippen LogP contribution >= 0.6 is 0 Å². The fourth-order valence-corrected chi connectivity index (χ4v) is 1.06. The molecule has 84 valence electrons. The summed E-state index contributed by atoms with van der Waals surface area (Å²) >= 11 is 0. The van der Waals surface area contributed by atoms with Crippen LogP contribution in [0.25, 0.3) is 0 Å². The minimum Gasteiger partial charge on any atom is -0.469 e. The Morgan fingerprint density at radius 1 is 1.20 bits per heavy atom. The molecule has 0 spiro atoms. The number of carbonyl (C=O) groups is 2. The molecule has 0 aliphatic rings. The Labute approximate surface area is 90.2 Å². The van der Waals surface area contributed by atoms with Crippen LogP contribution in [0.3, 0.4) is 0 Å². The van der Waals surface area contributed by atoms with Crippen molar-refractivity contribution >= 4 is 11.9 Å². The van der Waals surface area contributed by atoms with Crippen molar-refractivity contribution < 1.29 is 14.3 Å². The van der Waals surface area contributed by atoms with Gasteiger partial charge in [-0.2, -0.15) is 0 Å². The number of nitrogens with zero attached hydrogens (tertiary/aromatic N) is 1. The van der Waals surface area contributed by atoms with Crippen LogP contribution in [0, 0.1) is 0 Å². The van der Waals surface area contributed by atoms with Crippen LogP contribution in [0.1, 0.15) is 12.8 Å². The Morgan fingerprint density at radius 2 is 1.73 bits per heavy atom. The molecule has 1 amide bonds. The molecular weight excluding hydrogens is 194 g/mol. The average Bonchev–Trinajstić information content (AvgIpc) is 2.25. The van der Waals surface area contributed by atoms with E-state index in [-0.39, 0.29) is 24.7 Å². The molecule has 0 fully saturated rings. The highest BCUT2D eigenvalue weighted by Gasteiger charge is 2.12. The lowest BCUT2D eigenvalue weighted by Gasteiger charge is -2.18. The van der Waals surface area contributed by atoms with Crippen LogP contribution in [0.4, 0.5) is 0 Å². The molecule has 0 bridgehead atoms. The molecule has 0 rings (SSSR count). The summed E-state index contributed by atoms with van der Waals surface area (Å²) in [6.07, 6.45) is 3.55. The summed E-state index contributed by atoms with van der Waals surface area (Å²) in [6, 6.07) is 0. The predicted molar refractivity (Wildman–Crippen MR) is 58.2 cm³/mol. The molecule has 0 N–H and O–H groups in total. The van der Waals surface area contributed by atoms with Gasteiger partial charge in [-0.1, -0.05) is 12.2 Å². The number of rotatable bonds is 7. The number of hydrogen-bond donors (Lipinski definition) is 0. The van der Waals surface area contributed by atoms with E-state index in [2.05, 4.69) is 17.9 Å². The van der Waals surface area contributed by atoms with Crippen molar-refractivity contribution in [2.24, 2.45) is 0 Å². The molecule has 0 aliphatic heterocycles. The van der Waals surface area contributed by atoms with Crippen LogP contribution in [0.5, 0.6) is 0 Å². The minimum atomic E-state index is -0.375. The summed E-state index contributed by atoms with van der Waals surface area (Å²) in [4.78, 5) is 24.0. The van der Waals surface area contributed by atoms with E-state index < -0.39 is 0 Å². The number of hydrogen-bond acceptors (Lipinski definition) is 3. The second kappa shape index (κ2) is 7.79. The van der Waals surface area contributed by atoms with Gasteiger partial charge in [-0.15, -0.1) is 13.2 Å². The van der Waals surface area contributed by atoms with E-state index in [0.717, 1.165) is 0 Å². The fourth-order valence-electron chi connectivity index (χ4n) is 1.06. The lowest BCUT2D eigenvalue weighted by atomic mass is 10.2. The van der Waals surface area contributed by atoms with E-state index in [4.69, 9.17) is 0 Å². The van der Waals surface area contributed by atoms with Crippen molar-refractivity contribution in [2.75, 3.05) is 20.2 Å². The lowest BCUT2D eigenvalue weighted by Crippen LogP contribution is -2.31. The van der Waals surface area contributed by atoms with Crippen LogP contribution < -0.4 is 0 Å². The Balaban J connectivity index is 4.06. The summed E-state index contributed by atoms with van der Waals surface area (Å²) in [7, 11) is 1.30. The highest BCUT2D eigenvalue weighted by molar-refractivity contribution is 5.81. The third-order valence-electron chi connectivity index (χ3n) is 1.82. The van der Waals surface area contributed by atoms with Crippen LogP contribution in [-0.2, 0) is 14.3 Å². The first-order valence-electron chi connectivity index (χ1n) is 4.72. The number of carbonyl (C=O) groups excluding carboxylic acids is 2. The number of ether oxygens (including phenoxy) is 1. The standard InChI is InChI=1S/C11H17NO3/c1-4-8-12(9-5-2)10(13)6-7-11(14)15-3/h4-5H,1-2,6-9H2,3H3. The molecule has 0 aromatic carbocycles. The summed E-state index contributed by atoms with van der Waals surface area (Å²) in [6.45, 7) is 8.04. The van der Waals surface area contributed by atoms with Crippen LogP contribution in [-0.4, -0.2) is 37.0 Å². The number of esters is 1. The summed E-state index contributed by atoms with van der Waals surface area (Å²) in [5, 5.41) is 0. The van der Waals surface area contributed by atoms with Crippen molar-refractivity contribution in [1.82, 2.24) is 4.90 Å². The molecule has 0 atom stereocenters. The van der Waals surface area contributed by atoms with E-state index in [1.54, 1.807) is 17.1 Å². The lowest BCUT2D eigenvalue weighted by molar-refractivity contribution is -0.143. The highest BCUT2D eigenvalue weighted by Crippen LogP contribution is 1.99. The van der Waals surface area contributed by atoms with E-state index in [9.17, 15) is 9.59 Å². The molecule has 0 saturated carbocycles. The van der Waals surface area contributed by atoms with Gasteiger partial charge in [0.05, 0.1) is 13.5 Å². The zero-order chi connectivity index (χ0) is 11.7. The zero-order valence-corrected chi connectivity index (χ0v) is 9.07. The monoisotopic (exact) mass is 211 g/mol. The molecule has 15 heavy (non-hydrogen) atoms. The first-order chi connectivity index (χ1) is 7.15. The van der Waals surface area contributed by atoms with Crippen molar-refractivity contribution in [3.63, 3.8) is 0 Å². The Kier molecular flexibility index (Phi) is 6.97. The first kappa shape index (κ1) is 13.4. The minimum absolute atomic E-state index is 0.0970. The van der Waals surface area contributed by atoms with Crippen LogP contribution in [0.15, 0.2) is 25.3 Å². The quantitative estimate of drug-likeness (QED) is 0.468. The molecule has 0 aliphatic carbocycles. The predicted octanol–water partition coefficient (Wildman–Crippen LogP) is 1.14. The molecule has 0 saturated heterocycles. The Bertz CT molecular complexity index is 238. The fraction of sp³-hybridized carbons (Fsp3) is 0.455. The Morgan fingerprint density at radius 3 is 2.13 bits per heavy atom. The van der Waals surface area contributed by atoms with Crippen molar-refractivity contribution in [1.29, 1.82) is 0 Å². The van der Waals surface area contributed by atoms with Gasteiger partial charge in [0, 0.05) is 19.5 Å². The molecule has 0 heterocycles. The molecule has 4 nitrogen and oxygen atoms in total. The van der Waals surface area contributed by atoms with Gasteiger partial charge in [-0.05, 0) is 0 Å². The van der Waals surface area contributed by atoms with Crippen LogP contribution in [0.2, 0.25) is 0 Å². The largest absolute Gasteiger partial charge is 0.469 e. The molecule has 4 heteroatoms. The third-order valence-corrected chi connectivity index (χ3v) is 1.82. The maximum Gasteiger partial charge on any atom is 0.306 e. The summed E-state index contributed by atoms with van der Waals surface area (Å²) in [5.74, 6) is -0.472. The second-order valence-corrected chi connectivity index (χ2v) is 2.95. The highest BCUT2D eigenvalue weighted by atomic mass is 16.5. The molecule has 0 radical (unpaired) electrons.